The molecule has 0 aromatic heterocycles. The minimum Gasteiger partial charge on any atom is -0.366 e. The Hall–Kier alpha value is -0.870. The highest BCUT2D eigenvalue weighted by atomic mass is 33.1. The number of hydrogen-bond acceptors (Lipinski definition) is 3. The van der Waals surface area contributed by atoms with Crippen LogP contribution in [0.5, 0.6) is 0 Å². The summed E-state index contributed by atoms with van der Waals surface area (Å²) in [5.74, 6) is -0.441. The summed E-state index contributed by atoms with van der Waals surface area (Å²) in [5.41, 5.74) is 5.91. The van der Waals surface area contributed by atoms with E-state index in [4.69, 9.17) is 5.73 Å². The first kappa shape index (κ1) is 10.2. The number of carbonyl (C=O) groups excluding carboxylic acids is 1. The summed E-state index contributed by atoms with van der Waals surface area (Å²) in [5, 5.41) is 0. The molecule has 0 heterocycles. The molecule has 68 valence electrons. The lowest BCUT2D eigenvalue weighted by atomic mass is 10.2. The van der Waals surface area contributed by atoms with Crippen LogP contribution in [0, 0.1) is 0 Å². The summed E-state index contributed by atoms with van der Waals surface area (Å²) in [4.78, 5) is 11.5. The van der Waals surface area contributed by atoms with Crippen molar-refractivity contribution in [2.75, 3.05) is 0 Å². The molecule has 0 unspecified atom stereocenters. The zero-order chi connectivity index (χ0) is 9.68. The van der Waals surface area contributed by atoms with Crippen LogP contribution in [0.4, 0.5) is 0 Å². The van der Waals surface area contributed by atoms with Crippen LogP contribution in [-0.4, -0.2) is 5.91 Å². The Morgan fingerprint density at radius 2 is 2.31 bits per heavy atom. The van der Waals surface area contributed by atoms with Gasteiger partial charge in [-0.3, -0.25) is 4.79 Å². The largest absolute Gasteiger partial charge is 0.366 e. The van der Waals surface area contributed by atoms with Gasteiger partial charge in [-0.2, -0.15) is 0 Å². The van der Waals surface area contributed by atoms with Crippen molar-refractivity contribution in [2.24, 2.45) is 5.73 Å². The zero-order valence-electron chi connectivity index (χ0n) is 6.81. The fourth-order valence-electron chi connectivity index (χ4n) is 0.853. The third-order valence-corrected chi connectivity index (χ3v) is 2.50. The molecule has 0 radical (unpaired) electrons. The Balaban J connectivity index is 2.83. The smallest absolute Gasteiger partial charge is 0.241 e. The molecule has 2 nitrogen and oxygen atoms in total. The second-order valence-corrected chi connectivity index (χ2v) is 3.60. The van der Waals surface area contributed by atoms with Crippen molar-refractivity contribution in [3.8, 4) is 0 Å². The fraction of sp³-hybridized carbons (Fsp3) is 0. The number of carbonyl (C=O) groups is 1. The predicted octanol–water partition coefficient (Wildman–Crippen LogP) is 2.12. The molecule has 0 atom stereocenters. The first-order chi connectivity index (χ1) is 6.22. The van der Waals surface area contributed by atoms with Gasteiger partial charge in [0.2, 0.25) is 5.91 Å². The number of hydrogen-bond donors (Lipinski definition) is 2. The first-order valence-electron chi connectivity index (χ1n) is 3.61. The molecule has 0 saturated heterocycles. The van der Waals surface area contributed by atoms with Crippen molar-refractivity contribution in [1.29, 1.82) is 0 Å². The lowest BCUT2D eigenvalue weighted by molar-refractivity contribution is -0.113. The van der Waals surface area contributed by atoms with E-state index in [0.29, 0.717) is 0 Å². The summed E-state index contributed by atoms with van der Waals surface area (Å²) in [6.07, 6.45) is 3.01. The third kappa shape index (κ3) is 3.57. The molecule has 0 aliphatic heterocycles. The van der Waals surface area contributed by atoms with Gasteiger partial charge in [0.15, 0.2) is 0 Å². The van der Waals surface area contributed by atoms with Gasteiger partial charge < -0.3 is 5.73 Å². The average Bonchev–Trinajstić information content (AvgIpc) is 2.15. The molecule has 0 fully saturated rings. The number of amides is 1. The van der Waals surface area contributed by atoms with Crippen LogP contribution in [-0.2, 0) is 4.79 Å². The molecule has 1 aromatic rings. The van der Waals surface area contributed by atoms with Crippen molar-refractivity contribution in [1.82, 2.24) is 0 Å². The third-order valence-electron chi connectivity index (χ3n) is 1.40. The molecule has 0 spiro atoms. The van der Waals surface area contributed by atoms with E-state index in [1.807, 2.05) is 24.3 Å². The maximum absolute atomic E-state index is 10.4. The maximum Gasteiger partial charge on any atom is 0.241 e. The van der Waals surface area contributed by atoms with E-state index in [-0.39, 0.29) is 0 Å². The second-order valence-electron chi connectivity index (χ2n) is 2.40. The minimum absolute atomic E-state index is 0.441. The molecule has 0 bridgehead atoms. The van der Waals surface area contributed by atoms with Crippen LogP contribution >= 0.6 is 22.5 Å². The van der Waals surface area contributed by atoms with Gasteiger partial charge in [0.1, 0.15) is 0 Å². The average molecular weight is 211 g/mol. The molecule has 0 saturated carbocycles. The Bertz CT molecular complexity index is 336. The van der Waals surface area contributed by atoms with E-state index in [1.165, 1.54) is 16.9 Å². The van der Waals surface area contributed by atoms with Crippen LogP contribution < -0.4 is 5.73 Å². The Morgan fingerprint density at radius 3 is 2.92 bits per heavy atom. The van der Waals surface area contributed by atoms with E-state index in [2.05, 4.69) is 11.7 Å². The van der Waals surface area contributed by atoms with Crippen molar-refractivity contribution in [2.45, 2.75) is 4.90 Å². The minimum atomic E-state index is -0.441. The van der Waals surface area contributed by atoms with E-state index in [0.717, 1.165) is 10.5 Å². The molecule has 0 aliphatic rings. The van der Waals surface area contributed by atoms with Crippen LogP contribution in [0.25, 0.3) is 6.08 Å². The quantitative estimate of drug-likeness (QED) is 0.457. The maximum atomic E-state index is 10.4. The second kappa shape index (κ2) is 4.99. The van der Waals surface area contributed by atoms with Crippen molar-refractivity contribution < 1.29 is 4.79 Å². The van der Waals surface area contributed by atoms with Gasteiger partial charge >= 0.3 is 0 Å². The van der Waals surface area contributed by atoms with Gasteiger partial charge in [-0.05, 0) is 23.8 Å². The van der Waals surface area contributed by atoms with E-state index < -0.39 is 5.91 Å². The molecule has 2 N–H and O–H groups in total. The molecule has 13 heavy (non-hydrogen) atoms. The van der Waals surface area contributed by atoms with Gasteiger partial charge in [-0.15, -0.1) is 11.7 Å². The first-order valence-corrected chi connectivity index (χ1v) is 5.48. The van der Waals surface area contributed by atoms with Crippen LogP contribution in [0.2, 0.25) is 0 Å². The molecule has 1 amide bonds. The van der Waals surface area contributed by atoms with Gasteiger partial charge in [0.05, 0.1) is 0 Å². The number of rotatable bonds is 3. The highest BCUT2D eigenvalue weighted by Crippen LogP contribution is 2.22. The molecular weight excluding hydrogens is 202 g/mol. The highest BCUT2D eigenvalue weighted by Gasteiger charge is 1.91. The Morgan fingerprint density at radius 1 is 1.54 bits per heavy atom. The van der Waals surface area contributed by atoms with Crippen molar-refractivity contribution in [3.63, 3.8) is 0 Å². The number of benzene rings is 1. The fourth-order valence-corrected chi connectivity index (χ4v) is 1.52. The highest BCUT2D eigenvalue weighted by molar-refractivity contribution is 8.68. The summed E-state index contributed by atoms with van der Waals surface area (Å²) in [6, 6.07) is 7.67. The number of primary amides is 1. The van der Waals surface area contributed by atoms with Crippen LogP contribution in [0.1, 0.15) is 5.56 Å². The normalized spacial score (nSPS) is 10.5. The molecular formula is C9H9NOS2. The number of thiol groups is 1. The van der Waals surface area contributed by atoms with E-state index >= 15 is 0 Å². The summed E-state index contributed by atoms with van der Waals surface area (Å²) in [6.45, 7) is 0. The molecule has 4 heteroatoms. The zero-order valence-corrected chi connectivity index (χ0v) is 8.52. The topological polar surface area (TPSA) is 43.1 Å². The number of nitrogens with two attached hydrogens (primary N) is 1. The van der Waals surface area contributed by atoms with Crippen molar-refractivity contribution in [3.05, 3.63) is 35.9 Å². The van der Waals surface area contributed by atoms with Crippen LogP contribution in [0.3, 0.4) is 0 Å². The lowest BCUT2D eigenvalue weighted by Gasteiger charge is -1.96. The monoisotopic (exact) mass is 211 g/mol. The lowest BCUT2D eigenvalue weighted by Crippen LogP contribution is -2.04. The van der Waals surface area contributed by atoms with E-state index in [9.17, 15) is 4.79 Å². The molecule has 0 aliphatic carbocycles. The summed E-state index contributed by atoms with van der Waals surface area (Å²) < 4.78 is 0. The standard InChI is InChI=1S/C9H9NOS2/c10-9(11)5-4-7-2-1-3-8(6-7)13-12/h1-6,12H,(H2,10,11)/b5-4+. The van der Waals surface area contributed by atoms with Gasteiger partial charge in [0, 0.05) is 11.0 Å². The Kier molecular flexibility index (Phi) is 3.92. The van der Waals surface area contributed by atoms with Gasteiger partial charge in [-0.25, -0.2) is 0 Å². The molecule has 1 aromatic carbocycles. The van der Waals surface area contributed by atoms with Gasteiger partial charge in [-0.1, -0.05) is 22.9 Å². The summed E-state index contributed by atoms with van der Waals surface area (Å²) >= 11 is 4.07. The molecule has 1 rings (SSSR count). The van der Waals surface area contributed by atoms with Crippen molar-refractivity contribution >= 4 is 34.4 Å². The summed E-state index contributed by atoms with van der Waals surface area (Å²) in [7, 11) is 1.36. The predicted molar refractivity (Wildman–Crippen MR) is 59.5 cm³/mol. The Labute approximate surface area is 86.0 Å². The van der Waals surface area contributed by atoms with E-state index in [1.54, 1.807) is 6.08 Å². The van der Waals surface area contributed by atoms with Gasteiger partial charge in [0.25, 0.3) is 0 Å². The van der Waals surface area contributed by atoms with Crippen LogP contribution in [0.15, 0.2) is 35.2 Å². The SMILES string of the molecule is NC(=O)/C=C/c1cccc(SS)c1.